The number of oxazole rings is 1. The molecule has 4 atom stereocenters. The summed E-state index contributed by atoms with van der Waals surface area (Å²) in [7, 11) is 0. The van der Waals surface area contributed by atoms with Crippen molar-refractivity contribution in [2.24, 2.45) is 11.3 Å². The molecule has 1 aromatic heterocycles. The number of aliphatic carboxylic acids is 1. The number of nitrogens with zero attached hydrogens (tertiary/aromatic N) is 1. The van der Waals surface area contributed by atoms with Gasteiger partial charge in [0.2, 0.25) is 5.89 Å². The second-order valence-electron chi connectivity index (χ2n) is 10.2. The highest BCUT2D eigenvalue weighted by molar-refractivity contribution is 5.91. The van der Waals surface area contributed by atoms with Gasteiger partial charge in [-0.05, 0) is 42.2 Å². The average molecular weight is 441 g/mol. The number of carboxylic acids is 1. The number of nitrogens with one attached hydrogen (secondary N) is 1. The van der Waals surface area contributed by atoms with Gasteiger partial charge < -0.3 is 19.6 Å². The highest BCUT2D eigenvalue weighted by Crippen LogP contribution is 2.50. The van der Waals surface area contributed by atoms with Crippen LogP contribution in [0.2, 0.25) is 0 Å². The maximum Gasteiger partial charge on any atom is 0.303 e. The Kier molecular flexibility index (Phi) is 6.38. The Hall–Kier alpha value is -2.67. The number of rotatable bonds is 8. The van der Waals surface area contributed by atoms with Gasteiger partial charge in [0.25, 0.3) is 5.91 Å². The van der Waals surface area contributed by atoms with Crippen LogP contribution in [0.3, 0.4) is 0 Å². The predicted molar refractivity (Wildman–Crippen MR) is 119 cm³/mol. The van der Waals surface area contributed by atoms with E-state index in [1.54, 1.807) is 0 Å². The lowest BCUT2D eigenvalue weighted by Gasteiger charge is -2.26. The van der Waals surface area contributed by atoms with Crippen molar-refractivity contribution in [1.82, 2.24) is 10.3 Å². The summed E-state index contributed by atoms with van der Waals surface area (Å²) in [5, 5.41) is 12.0. The highest BCUT2D eigenvalue weighted by Gasteiger charge is 2.51. The predicted octanol–water partition coefficient (Wildman–Crippen LogP) is 3.97. The third-order valence-electron chi connectivity index (χ3n) is 6.43. The first kappa shape index (κ1) is 22.5. The van der Waals surface area contributed by atoms with E-state index in [1.165, 1.54) is 6.26 Å². The number of aryl methyl sites for hydroxylation is 1. The smallest absolute Gasteiger partial charge is 0.303 e. The van der Waals surface area contributed by atoms with Crippen molar-refractivity contribution < 1.29 is 23.8 Å². The Labute approximate surface area is 188 Å². The molecule has 2 fully saturated rings. The fourth-order valence-corrected chi connectivity index (χ4v) is 4.85. The number of hydrogen-bond donors (Lipinski definition) is 2. The molecule has 1 amide bonds. The minimum Gasteiger partial charge on any atom is -0.481 e. The summed E-state index contributed by atoms with van der Waals surface area (Å²) in [5.74, 6) is -0.284. The first-order valence-corrected chi connectivity index (χ1v) is 11.4. The van der Waals surface area contributed by atoms with Gasteiger partial charge >= 0.3 is 5.97 Å². The number of carbonyl (C=O) groups is 2. The number of ether oxygens (including phenoxy) is 1. The third-order valence-corrected chi connectivity index (χ3v) is 6.43. The van der Waals surface area contributed by atoms with Crippen molar-refractivity contribution in [2.75, 3.05) is 6.54 Å². The number of benzene rings is 1. The summed E-state index contributed by atoms with van der Waals surface area (Å²) < 4.78 is 12.0. The van der Waals surface area contributed by atoms with Crippen LogP contribution in [0.5, 0.6) is 0 Å². The zero-order valence-electron chi connectivity index (χ0n) is 19.0. The molecule has 4 rings (SSSR count). The molecule has 0 saturated carbocycles. The maximum absolute atomic E-state index is 12.5. The van der Waals surface area contributed by atoms with Crippen molar-refractivity contribution in [3.8, 4) is 0 Å². The minimum absolute atomic E-state index is 0.00885. The standard InChI is InChI=1S/C25H32N2O5/c1-25(2,3)14-26-23(30)18-13-31-24(27-18)22-17(19-9-10-20(22)32-19)12-16-7-5-4-6-15(16)8-11-21(28)29/h4-7,13,17,19-20,22H,8-12,14H2,1-3H3,(H,26,30)(H,28,29)/t17-,19-,20+,22-/m0/s1. The number of fused-ring (bicyclic) bond motifs is 2. The summed E-state index contributed by atoms with van der Waals surface area (Å²) in [6, 6.07) is 8.02. The SMILES string of the molecule is CC(C)(C)CNC(=O)c1coc([C@H]2[C@@H](Cc3ccccc3CCC(=O)O)[C@@H]3CC[C@H]2O3)n1. The molecular formula is C25H32N2O5. The van der Waals surface area contributed by atoms with Crippen LogP contribution in [0.1, 0.15) is 73.5 Å². The van der Waals surface area contributed by atoms with Crippen molar-refractivity contribution in [3.05, 3.63) is 53.2 Å². The molecule has 3 heterocycles. The summed E-state index contributed by atoms with van der Waals surface area (Å²) in [6.07, 6.45) is 4.97. The van der Waals surface area contributed by atoms with E-state index in [-0.39, 0.29) is 41.8 Å². The van der Waals surface area contributed by atoms with Crippen LogP contribution in [-0.2, 0) is 22.4 Å². The van der Waals surface area contributed by atoms with Gasteiger partial charge in [0.15, 0.2) is 5.69 Å². The van der Waals surface area contributed by atoms with Gasteiger partial charge in [-0.3, -0.25) is 9.59 Å². The molecule has 2 aliphatic rings. The largest absolute Gasteiger partial charge is 0.481 e. The second kappa shape index (κ2) is 9.06. The van der Waals surface area contributed by atoms with Crippen molar-refractivity contribution >= 4 is 11.9 Å². The molecule has 0 unspecified atom stereocenters. The van der Waals surface area contributed by atoms with Crippen molar-refractivity contribution in [1.29, 1.82) is 0 Å². The molecule has 0 radical (unpaired) electrons. The molecule has 1 aromatic carbocycles. The Morgan fingerprint density at radius 2 is 1.88 bits per heavy atom. The van der Waals surface area contributed by atoms with Crippen LogP contribution in [0, 0.1) is 11.3 Å². The maximum atomic E-state index is 12.5. The van der Waals surface area contributed by atoms with Gasteiger partial charge in [-0.2, -0.15) is 0 Å². The van der Waals surface area contributed by atoms with E-state index in [0.717, 1.165) is 30.4 Å². The topological polar surface area (TPSA) is 102 Å². The van der Waals surface area contributed by atoms with Crippen LogP contribution in [-0.4, -0.2) is 40.7 Å². The lowest BCUT2D eigenvalue weighted by molar-refractivity contribution is -0.136. The number of aromatic nitrogens is 1. The highest BCUT2D eigenvalue weighted by atomic mass is 16.5. The van der Waals surface area contributed by atoms with E-state index >= 15 is 0 Å². The molecule has 172 valence electrons. The van der Waals surface area contributed by atoms with E-state index < -0.39 is 5.97 Å². The molecule has 32 heavy (non-hydrogen) atoms. The zero-order chi connectivity index (χ0) is 22.9. The second-order valence-corrected chi connectivity index (χ2v) is 10.2. The fourth-order valence-electron chi connectivity index (χ4n) is 4.85. The van der Waals surface area contributed by atoms with Gasteiger partial charge in [0, 0.05) is 18.9 Å². The fraction of sp³-hybridized carbons (Fsp3) is 0.560. The summed E-state index contributed by atoms with van der Waals surface area (Å²) >= 11 is 0. The van der Waals surface area contributed by atoms with Crippen LogP contribution in [0.4, 0.5) is 0 Å². The number of amides is 1. The van der Waals surface area contributed by atoms with Crippen molar-refractivity contribution in [3.63, 3.8) is 0 Å². The van der Waals surface area contributed by atoms with E-state index in [0.29, 0.717) is 24.6 Å². The van der Waals surface area contributed by atoms with Crippen LogP contribution < -0.4 is 5.32 Å². The number of carboxylic acid groups (broad SMARTS) is 1. The van der Waals surface area contributed by atoms with Gasteiger partial charge in [0.05, 0.1) is 18.1 Å². The quantitative estimate of drug-likeness (QED) is 0.644. The van der Waals surface area contributed by atoms with Crippen LogP contribution in [0.15, 0.2) is 34.9 Å². The monoisotopic (exact) mass is 440 g/mol. The van der Waals surface area contributed by atoms with Gasteiger partial charge in [-0.15, -0.1) is 0 Å². The third kappa shape index (κ3) is 5.04. The number of carbonyl (C=O) groups excluding carboxylic acids is 1. The van der Waals surface area contributed by atoms with Crippen LogP contribution >= 0.6 is 0 Å². The Balaban J connectivity index is 1.51. The molecule has 2 N–H and O–H groups in total. The molecule has 2 aliphatic heterocycles. The molecular weight excluding hydrogens is 408 g/mol. The Morgan fingerprint density at radius 3 is 2.59 bits per heavy atom. The molecule has 0 aliphatic carbocycles. The van der Waals surface area contributed by atoms with Crippen LogP contribution in [0.25, 0.3) is 0 Å². The molecule has 2 bridgehead atoms. The average Bonchev–Trinajstić information content (AvgIpc) is 3.47. The molecule has 7 heteroatoms. The summed E-state index contributed by atoms with van der Waals surface area (Å²) in [5.41, 5.74) is 2.49. The summed E-state index contributed by atoms with van der Waals surface area (Å²) in [6.45, 7) is 6.74. The van der Waals surface area contributed by atoms with E-state index in [4.69, 9.17) is 14.3 Å². The normalized spacial score (nSPS) is 24.6. The molecule has 2 saturated heterocycles. The lowest BCUT2D eigenvalue weighted by Crippen LogP contribution is -2.32. The zero-order valence-corrected chi connectivity index (χ0v) is 19.0. The van der Waals surface area contributed by atoms with Gasteiger partial charge in [-0.1, -0.05) is 45.0 Å². The Bertz CT molecular complexity index is 977. The molecule has 7 nitrogen and oxygen atoms in total. The van der Waals surface area contributed by atoms with E-state index in [1.807, 2.05) is 18.2 Å². The van der Waals surface area contributed by atoms with E-state index in [2.05, 4.69) is 37.1 Å². The lowest BCUT2D eigenvalue weighted by atomic mass is 9.75. The molecule has 0 spiro atoms. The first-order valence-electron chi connectivity index (χ1n) is 11.4. The molecule has 2 aromatic rings. The van der Waals surface area contributed by atoms with Gasteiger partial charge in [0.1, 0.15) is 6.26 Å². The minimum atomic E-state index is -0.794. The van der Waals surface area contributed by atoms with Crippen molar-refractivity contribution in [2.45, 2.75) is 71.0 Å². The Morgan fingerprint density at radius 1 is 1.16 bits per heavy atom. The van der Waals surface area contributed by atoms with Gasteiger partial charge in [-0.25, -0.2) is 4.98 Å². The summed E-state index contributed by atoms with van der Waals surface area (Å²) in [4.78, 5) is 28.1. The number of hydrogen-bond acceptors (Lipinski definition) is 5. The first-order chi connectivity index (χ1) is 15.2. The van der Waals surface area contributed by atoms with E-state index in [9.17, 15) is 9.59 Å².